The average Bonchev–Trinajstić information content (AvgIpc) is 3.29. The van der Waals surface area contributed by atoms with Crippen LogP contribution in [0.1, 0.15) is 144 Å². The average molecular weight is 757 g/mol. The van der Waals surface area contributed by atoms with Crippen LogP contribution in [0.3, 0.4) is 0 Å². The van der Waals surface area contributed by atoms with Crippen molar-refractivity contribution in [3.05, 3.63) is 155 Å². The van der Waals surface area contributed by atoms with Crippen molar-refractivity contribution in [3.8, 4) is 0 Å². The molecule has 0 spiro atoms. The fourth-order valence-corrected chi connectivity index (χ4v) is 14.0. The Morgan fingerprint density at radius 3 is 2.39 bits per heavy atom. The molecule has 0 aromatic heterocycles. The lowest BCUT2D eigenvalue weighted by Gasteiger charge is -2.60. The Morgan fingerprint density at radius 1 is 0.667 bits per heavy atom. The van der Waals surface area contributed by atoms with Gasteiger partial charge < -0.3 is 5.32 Å². The highest BCUT2D eigenvalue weighted by Gasteiger charge is 2.57. The highest BCUT2D eigenvalue weighted by Crippen LogP contribution is 2.66. The number of allylic oxidation sites excluding steroid dienone is 13. The molecule has 12 atom stereocenters. The van der Waals surface area contributed by atoms with Crippen molar-refractivity contribution >= 4 is 0 Å². The predicted molar refractivity (Wildman–Crippen MR) is 238 cm³/mol. The molecule has 2 heteroatoms. The first kappa shape index (κ1) is 37.6. The molecule has 7 aliphatic carbocycles. The largest absolute Gasteiger partial charge is 0.369 e. The van der Waals surface area contributed by atoms with E-state index in [2.05, 4.69) is 139 Å². The minimum atomic E-state index is 0.138. The summed E-state index contributed by atoms with van der Waals surface area (Å²) < 4.78 is 0. The third-order valence-electron chi connectivity index (χ3n) is 16.6. The van der Waals surface area contributed by atoms with E-state index in [1.807, 2.05) is 5.57 Å². The van der Waals surface area contributed by atoms with Crippen molar-refractivity contribution in [2.45, 2.75) is 134 Å². The van der Waals surface area contributed by atoms with Crippen LogP contribution >= 0.6 is 0 Å². The van der Waals surface area contributed by atoms with Crippen LogP contribution in [0, 0.1) is 46.8 Å². The summed E-state index contributed by atoms with van der Waals surface area (Å²) >= 11 is 0. The molecule has 298 valence electrons. The van der Waals surface area contributed by atoms with Gasteiger partial charge in [0, 0.05) is 23.1 Å². The molecule has 3 fully saturated rings. The summed E-state index contributed by atoms with van der Waals surface area (Å²) in [6.07, 6.45) is 48.7. The van der Waals surface area contributed by atoms with Gasteiger partial charge >= 0.3 is 0 Å². The van der Waals surface area contributed by atoms with Crippen molar-refractivity contribution in [3.63, 3.8) is 0 Å². The van der Waals surface area contributed by atoms with Gasteiger partial charge in [-0.3, -0.25) is 5.32 Å². The van der Waals surface area contributed by atoms with E-state index < -0.39 is 0 Å². The zero-order valence-electron chi connectivity index (χ0n) is 34.7. The third kappa shape index (κ3) is 7.25. The Labute approximate surface area is 344 Å². The summed E-state index contributed by atoms with van der Waals surface area (Å²) in [6.45, 7) is 2.53. The number of rotatable bonds is 7. The van der Waals surface area contributed by atoms with Gasteiger partial charge in [-0.05, 0) is 172 Å². The second kappa shape index (κ2) is 16.6. The molecule has 10 unspecified atom stereocenters. The SMILES string of the molecule is CC1CC(C2=CC(C3CCCC(C4(C5=CCCC=C5)C5=CCCC[C@@H]5C[C@@H]5C=CCCC54)C3)NC(c3ccc(C4C=CC=CC4)cc3)N2)CCC1c1ccccc1. The van der Waals surface area contributed by atoms with Crippen molar-refractivity contribution in [1.29, 1.82) is 0 Å². The van der Waals surface area contributed by atoms with Crippen LogP contribution in [-0.2, 0) is 0 Å². The van der Waals surface area contributed by atoms with Crippen molar-refractivity contribution < 1.29 is 0 Å². The lowest BCUT2D eigenvalue weighted by molar-refractivity contribution is 0.0198. The maximum absolute atomic E-state index is 4.31. The summed E-state index contributed by atoms with van der Waals surface area (Å²) in [5, 5.41) is 8.50. The monoisotopic (exact) mass is 757 g/mol. The van der Waals surface area contributed by atoms with Gasteiger partial charge in [0.2, 0.25) is 0 Å². The van der Waals surface area contributed by atoms with Crippen molar-refractivity contribution in [2.75, 3.05) is 0 Å². The highest BCUT2D eigenvalue weighted by atomic mass is 15.2. The minimum absolute atomic E-state index is 0.138. The van der Waals surface area contributed by atoms with Crippen molar-refractivity contribution in [2.24, 2.45) is 46.8 Å². The molecule has 0 saturated heterocycles. The number of benzene rings is 2. The maximum Gasteiger partial charge on any atom is 0.103 e. The lowest BCUT2D eigenvalue weighted by Crippen LogP contribution is -2.54. The Bertz CT molecular complexity index is 1940. The van der Waals surface area contributed by atoms with Gasteiger partial charge in [0.15, 0.2) is 0 Å². The third-order valence-corrected chi connectivity index (χ3v) is 16.6. The first-order chi connectivity index (χ1) is 28.1. The second-order valence-electron chi connectivity index (χ2n) is 19.6. The number of nitrogens with one attached hydrogen (secondary N) is 2. The van der Waals surface area contributed by atoms with E-state index in [0.717, 1.165) is 24.2 Å². The summed E-state index contributed by atoms with van der Waals surface area (Å²) in [6, 6.07) is 21.4. The van der Waals surface area contributed by atoms with Crippen LogP contribution in [0.5, 0.6) is 0 Å². The summed E-state index contributed by atoms with van der Waals surface area (Å²) in [7, 11) is 0. The van der Waals surface area contributed by atoms with Crippen LogP contribution in [0.15, 0.2) is 138 Å². The lowest BCUT2D eigenvalue weighted by atomic mass is 9.44. The molecule has 2 N–H and O–H groups in total. The standard InChI is InChI=1S/C55H68N2/c1-38-34-46(32-33-49(38)41-18-7-3-8-19-41)53-37-52(56-54(57-53)42-30-28-40(29-31-42)39-16-5-2-6-17-39)45-22-15-25-48(36-45)55(47-23-9-4-10-24-47)50-26-13-11-20-43(50)35-44-21-12-14-27-51(44)55/h2-3,5-9,11,16,18-20,23-24,27-31,37-39,43-46,48-50,52,54,56-57H,4,10,12-15,17,21-22,25-26,32-36H2,1H3/t38?,39?,43-,44+,45?,46?,48?,49?,50?,52?,54?,55?/m0/s1. The quantitative estimate of drug-likeness (QED) is 0.275. The molecule has 1 heterocycles. The van der Waals surface area contributed by atoms with Gasteiger partial charge in [0.25, 0.3) is 0 Å². The molecule has 2 nitrogen and oxygen atoms in total. The maximum atomic E-state index is 4.31. The van der Waals surface area contributed by atoms with Crippen LogP contribution in [0.25, 0.3) is 0 Å². The molecular formula is C55H68N2. The molecule has 10 rings (SSSR count). The number of hydrogen-bond acceptors (Lipinski definition) is 2. The first-order valence-corrected chi connectivity index (χ1v) is 23.6. The normalized spacial score (nSPS) is 38.9. The first-order valence-electron chi connectivity index (χ1n) is 23.6. The van der Waals surface area contributed by atoms with E-state index in [1.165, 1.54) is 119 Å². The Morgan fingerprint density at radius 2 is 1.56 bits per heavy atom. The minimum Gasteiger partial charge on any atom is -0.369 e. The Balaban J connectivity index is 0.979. The van der Waals surface area contributed by atoms with E-state index in [9.17, 15) is 0 Å². The fourth-order valence-electron chi connectivity index (χ4n) is 14.0. The van der Waals surface area contributed by atoms with E-state index in [-0.39, 0.29) is 11.6 Å². The predicted octanol–water partition coefficient (Wildman–Crippen LogP) is 13.7. The Kier molecular flexibility index (Phi) is 10.9. The fraction of sp³-hybridized carbons (Fsp3) is 0.527. The molecular weight excluding hydrogens is 689 g/mol. The van der Waals surface area contributed by atoms with Gasteiger partial charge in [-0.1, -0.05) is 134 Å². The molecule has 0 amide bonds. The van der Waals surface area contributed by atoms with Gasteiger partial charge in [0.05, 0.1) is 0 Å². The van der Waals surface area contributed by atoms with Crippen molar-refractivity contribution in [1.82, 2.24) is 10.6 Å². The van der Waals surface area contributed by atoms with Gasteiger partial charge in [-0.15, -0.1) is 0 Å². The molecule has 8 aliphatic rings. The van der Waals surface area contributed by atoms with Crippen LogP contribution < -0.4 is 10.6 Å². The van der Waals surface area contributed by atoms with E-state index >= 15 is 0 Å². The highest BCUT2D eigenvalue weighted by molar-refractivity contribution is 5.45. The molecule has 3 saturated carbocycles. The number of hydrogen-bond donors (Lipinski definition) is 2. The molecule has 2 aromatic rings. The van der Waals surface area contributed by atoms with E-state index in [0.29, 0.717) is 41.5 Å². The van der Waals surface area contributed by atoms with Gasteiger partial charge in [0.1, 0.15) is 6.17 Å². The van der Waals surface area contributed by atoms with Gasteiger partial charge in [-0.2, -0.15) is 0 Å². The molecule has 57 heavy (non-hydrogen) atoms. The van der Waals surface area contributed by atoms with Crippen LogP contribution in [0.2, 0.25) is 0 Å². The topological polar surface area (TPSA) is 24.1 Å². The molecule has 2 aromatic carbocycles. The van der Waals surface area contributed by atoms with Crippen LogP contribution in [0.4, 0.5) is 0 Å². The number of fused-ring (bicyclic) bond motifs is 2. The van der Waals surface area contributed by atoms with E-state index in [4.69, 9.17) is 0 Å². The summed E-state index contributed by atoms with van der Waals surface area (Å²) in [5.74, 6) is 6.02. The molecule has 1 aliphatic heterocycles. The zero-order valence-corrected chi connectivity index (χ0v) is 34.7. The van der Waals surface area contributed by atoms with E-state index in [1.54, 1.807) is 5.57 Å². The summed E-state index contributed by atoms with van der Waals surface area (Å²) in [5.41, 5.74) is 9.71. The second-order valence-corrected chi connectivity index (χ2v) is 19.6. The molecule has 0 bridgehead atoms. The zero-order chi connectivity index (χ0) is 38.2. The smallest absolute Gasteiger partial charge is 0.103 e. The van der Waals surface area contributed by atoms with Gasteiger partial charge in [-0.25, -0.2) is 0 Å². The molecule has 0 radical (unpaired) electrons. The Hall–Kier alpha value is -3.62. The van der Waals surface area contributed by atoms with Crippen LogP contribution in [-0.4, -0.2) is 6.04 Å². The summed E-state index contributed by atoms with van der Waals surface area (Å²) in [4.78, 5) is 0.